The molecule has 0 fully saturated rings. The van der Waals surface area contributed by atoms with E-state index < -0.39 is 0 Å². The molecule has 1 unspecified atom stereocenters. The van der Waals surface area contributed by atoms with Gasteiger partial charge in [-0.3, -0.25) is 4.79 Å². The van der Waals surface area contributed by atoms with Gasteiger partial charge in [0.1, 0.15) is 12.4 Å². The molecule has 0 saturated carbocycles. The van der Waals surface area contributed by atoms with Crippen LogP contribution in [0.15, 0.2) is 59.5 Å². The first-order chi connectivity index (χ1) is 12.0. The second-order valence-electron chi connectivity index (χ2n) is 6.19. The molecule has 1 amide bonds. The molecule has 5 heteroatoms. The summed E-state index contributed by atoms with van der Waals surface area (Å²) >= 11 is 1.70. The molecule has 2 rings (SSSR count). The number of hydrogen-bond acceptors (Lipinski definition) is 4. The number of amides is 1. The Labute approximate surface area is 154 Å². The standard InChI is InChI=1S/C20H26N2O2S/c1-16(15-25-19-7-5-4-6-8-19)20(23)21-17-9-11-18(12-10-17)24-14-13-22(2)3/h4-12,16H,13-15H2,1-3H3,(H,21,23). The lowest BCUT2D eigenvalue weighted by molar-refractivity contribution is -0.118. The lowest BCUT2D eigenvalue weighted by Gasteiger charge is -2.13. The number of nitrogens with zero attached hydrogens (tertiary/aromatic N) is 1. The molecule has 25 heavy (non-hydrogen) atoms. The molecule has 2 aromatic rings. The van der Waals surface area contributed by atoms with Crippen molar-refractivity contribution in [2.24, 2.45) is 5.92 Å². The van der Waals surface area contributed by atoms with E-state index in [1.165, 1.54) is 4.90 Å². The summed E-state index contributed by atoms with van der Waals surface area (Å²) in [6.45, 7) is 3.46. The molecule has 0 heterocycles. The highest BCUT2D eigenvalue weighted by Gasteiger charge is 2.13. The van der Waals surface area contributed by atoms with Crippen LogP contribution in [0.25, 0.3) is 0 Å². The number of thioether (sulfide) groups is 1. The maximum Gasteiger partial charge on any atom is 0.228 e. The number of carbonyl (C=O) groups excluding carboxylic acids is 1. The van der Waals surface area contributed by atoms with E-state index >= 15 is 0 Å². The topological polar surface area (TPSA) is 41.6 Å². The number of hydrogen-bond donors (Lipinski definition) is 1. The molecule has 4 nitrogen and oxygen atoms in total. The zero-order valence-electron chi connectivity index (χ0n) is 15.1. The van der Waals surface area contributed by atoms with Crippen LogP contribution >= 0.6 is 11.8 Å². The van der Waals surface area contributed by atoms with E-state index in [1.54, 1.807) is 11.8 Å². The lowest BCUT2D eigenvalue weighted by atomic mass is 10.2. The SMILES string of the molecule is CC(CSc1ccccc1)C(=O)Nc1ccc(OCCN(C)C)cc1. The van der Waals surface area contributed by atoms with E-state index in [2.05, 4.69) is 22.3 Å². The van der Waals surface area contributed by atoms with Crippen molar-refractivity contribution in [3.63, 3.8) is 0 Å². The Bertz CT molecular complexity index is 645. The first kappa shape index (κ1) is 19.3. The Morgan fingerprint density at radius 3 is 2.44 bits per heavy atom. The summed E-state index contributed by atoms with van der Waals surface area (Å²) in [6, 6.07) is 17.6. The minimum absolute atomic E-state index is 0.0321. The molecule has 0 radical (unpaired) electrons. The van der Waals surface area contributed by atoms with E-state index in [0.717, 1.165) is 23.7 Å². The van der Waals surface area contributed by atoms with Crippen molar-refractivity contribution in [3.05, 3.63) is 54.6 Å². The van der Waals surface area contributed by atoms with Gasteiger partial charge in [0.2, 0.25) is 5.91 Å². The van der Waals surface area contributed by atoms with Crippen molar-refractivity contribution < 1.29 is 9.53 Å². The van der Waals surface area contributed by atoms with Gasteiger partial charge in [-0.2, -0.15) is 0 Å². The van der Waals surface area contributed by atoms with Crippen molar-refractivity contribution in [1.29, 1.82) is 0 Å². The Morgan fingerprint density at radius 1 is 1.12 bits per heavy atom. The molecule has 0 saturated heterocycles. The van der Waals surface area contributed by atoms with Crippen molar-refractivity contribution in [2.75, 3.05) is 38.3 Å². The second-order valence-corrected chi connectivity index (χ2v) is 7.28. The quantitative estimate of drug-likeness (QED) is 0.688. The molecule has 1 N–H and O–H groups in total. The number of rotatable bonds is 9. The van der Waals surface area contributed by atoms with Gasteiger partial charge >= 0.3 is 0 Å². The van der Waals surface area contributed by atoms with E-state index in [0.29, 0.717) is 6.61 Å². The van der Waals surface area contributed by atoms with Crippen LogP contribution in [0.5, 0.6) is 5.75 Å². The highest BCUT2D eigenvalue weighted by molar-refractivity contribution is 7.99. The number of likely N-dealkylation sites (N-methyl/N-ethyl adjacent to an activating group) is 1. The van der Waals surface area contributed by atoms with Crippen LogP contribution in [0, 0.1) is 5.92 Å². The van der Waals surface area contributed by atoms with E-state index in [9.17, 15) is 4.79 Å². The van der Waals surface area contributed by atoms with Crippen LogP contribution in [-0.2, 0) is 4.79 Å². The third-order valence-corrected chi connectivity index (χ3v) is 4.89. The molecule has 0 spiro atoms. The third kappa shape index (κ3) is 7.20. The second kappa shape index (κ2) is 10.1. The Kier molecular flexibility index (Phi) is 7.82. The van der Waals surface area contributed by atoms with Gasteiger partial charge in [-0.15, -0.1) is 11.8 Å². The van der Waals surface area contributed by atoms with Crippen LogP contribution in [0.3, 0.4) is 0 Å². The Balaban J connectivity index is 1.77. The zero-order chi connectivity index (χ0) is 18.1. The van der Waals surface area contributed by atoms with Gasteiger partial charge in [-0.25, -0.2) is 0 Å². The summed E-state index contributed by atoms with van der Waals surface area (Å²) in [5, 5.41) is 2.96. The third-order valence-electron chi connectivity index (χ3n) is 3.62. The maximum atomic E-state index is 12.3. The Morgan fingerprint density at radius 2 is 1.80 bits per heavy atom. The fourth-order valence-electron chi connectivity index (χ4n) is 2.06. The Hall–Kier alpha value is -1.98. The summed E-state index contributed by atoms with van der Waals surface area (Å²) in [5.74, 6) is 1.53. The summed E-state index contributed by atoms with van der Waals surface area (Å²) in [4.78, 5) is 15.6. The van der Waals surface area contributed by atoms with E-state index in [4.69, 9.17) is 4.74 Å². The molecule has 0 aliphatic rings. The summed E-state index contributed by atoms with van der Waals surface area (Å²) < 4.78 is 5.65. The predicted molar refractivity (Wildman–Crippen MR) is 105 cm³/mol. The molecule has 134 valence electrons. The smallest absolute Gasteiger partial charge is 0.228 e. The van der Waals surface area contributed by atoms with Crippen molar-refractivity contribution in [2.45, 2.75) is 11.8 Å². The average Bonchev–Trinajstić information content (AvgIpc) is 2.61. The predicted octanol–water partition coefficient (Wildman–Crippen LogP) is 3.99. The number of benzene rings is 2. The van der Waals surface area contributed by atoms with Gasteiger partial charge in [0.15, 0.2) is 0 Å². The number of anilines is 1. The van der Waals surface area contributed by atoms with Gasteiger partial charge in [0, 0.05) is 28.8 Å². The van der Waals surface area contributed by atoms with E-state index in [-0.39, 0.29) is 11.8 Å². The monoisotopic (exact) mass is 358 g/mol. The highest BCUT2D eigenvalue weighted by Crippen LogP contribution is 2.21. The average molecular weight is 359 g/mol. The zero-order valence-corrected chi connectivity index (χ0v) is 15.9. The molecular formula is C20H26N2O2S. The first-order valence-corrected chi connectivity index (χ1v) is 9.39. The molecule has 0 aromatic heterocycles. The van der Waals surface area contributed by atoms with Crippen LogP contribution in [-0.4, -0.2) is 43.8 Å². The minimum atomic E-state index is -0.0683. The van der Waals surface area contributed by atoms with Crippen molar-refractivity contribution in [3.8, 4) is 5.75 Å². The number of nitrogens with one attached hydrogen (secondary N) is 1. The highest BCUT2D eigenvalue weighted by atomic mass is 32.2. The molecule has 0 bridgehead atoms. The van der Waals surface area contributed by atoms with Gasteiger partial charge in [-0.1, -0.05) is 25.1 Å². The molecule has 0 aliphatic carbocycles. The van der Waals surface area contributed by atoms with Crippen LogP contribution < -0.4 is 10.1 Å². The van der Waals surface area contributed by atoms with Crippen LogP contribution in [0.4, 0.5) is 5.69 Å². The maximum absolute atomic E-state index is 12.3. The summed E-state index contributed by atoms with van der Waals surface area (Å²) in [7, 11) is 4.03. The summed E-state index contributed by atoms with van der Waals surface area (Å²) in [5.41, 5.74) is 0.793. The van der Waals surface area contributed by atoms with Crippen molar-refractivity contribution in [1.82, 2.24) is 4.90 Å². The van der Waals surface area contributed by atoms with E-state index in [1.807, 2.05) is 63.5 Å². The fraction of sp³-hybridized carbons (Fsp3) is 0.350. The largest absolute Gasteiger partial charge is 0.492 e. The molecular weight excluding hydrogens is 332 g/mol. The molecule has 1 atom stereocenters. The normalized spacial score (nSPS) is 12.0. The van der Waals surface area contributed by atoms with Gasteiger partial charge in [-0.05, 0) is 50.5 Å². The van der Waals surface area contributed by atoms with Crippen LogP contribution in [0.1, 0.15) is 6.92 Å². The fourth-order valence-corrected chi connectivity index (χ4v) is 3.00. The van der Waals surface area contributed by atoms with Gasteiger partial charge in [0.05, 0.1) is 0 Å². The van der Waals surface area contributed by atoms with Gasteiger partial charge in [0.25, 0.3) is 0 Å². The lowest BCUT2D eigenvalue weighted by Crippen LogP contribution is -2.22. The minimum Gasteiger partial charge on any atom is -0.492 e. The first-order valence-electron chi connectivity index (χ1n) is 8.41. The van der Waals surface area contributed by atoms with Crippen molar-refractivity contribution >= 4 is 23.4 Å². The van der Waals surface area contributed by atoms with Crippen LogP contribution in [0.2, 0.25) is 0 Å². The summed E-state index contributed by atoms with van der Waals surface area (Å²) in [6.07, 6.45) is 0. The number of carbonyl (C=O) groups is 1. The molecule has 0 aliphatic heterocycles. The number of ether oxygens (including phenoxy) is 1. The van der Waals surface area contributed by atoms with Gasteiger partial charge < -0.3 is 15.0 Å². The molecule has 2 aromatic carbocycles.